The number of hydrogen-bond acceptors (Lipinski definition) is 4. The van der Waals surface area contributed by atoms with Gasteiger partial charge in [0, 0.05) is 6.20 Å². The Kier molecular flexibility index (Phi) is 4.44. The number of nitrogens with one attached hydrogen (secondary N) is 2. The van der Waals surface area contributed by atoms with Crippen molar-refractivity contribution in [2.24, 2.45) is 5.84 Å². The molecule has 1 amide bonds. The van der Waals surface area contributed by atoms with Crippen LogP contribution in [0.2, 0.25) is 10.0 Å². The summed E-state index contributed by atoms with van der Waals surface area (Å²) in [4.78, 5) is 16.2. The van der Waals surface area contributed by atoms with Crippen LogP contribution in [0, 0.1) is 6.92 Å². The SMILES string of the molecule is Cc1ccc(Cl)c(NC(=O)c2cccnc2NN)c1Cl. The minimum absolute atomic E-state index is 0.268. The van der Waals surface area contributed by atoms with E-state index in [4.69, 9.17) is 29.0 Å². The van der Waals surface area contributed by atoms with Crippen LogP contribution in [0.5, 0.6) is 0 Å². The van der Waals surface area contributed by atoms with Gasteiger partial charge in [0.25, 0.3) is 5.91 Å². The van der Waals surface area contributed by atoms with Crippen molar-refractivity contribution in [2.75, 3.05) is 10.7 Å². The van der Waals surface area contributed by atoms with Gasteiger partial charge in [0.15, 0.2) is 5.82 Å². The molecule has 7 heteroatoms. The Hall–Kier alpha value is -1.82. The Bertz CT molecular complexity index is 661. The third kappa shape index (κ3) is 2.85. The Morgan fingerprint density at radius 1 is 1.30 bits per heavy atom. The van der Waals surface area contributed by atoms with Crippen LogP contribution in [0.3, 0.4) is 0 Å². The maximum Gasteiger partial charge on any atom is 0.259 e. The summed E-state index contributed by atoms with van der Waals surface area (Å²) in [5.41, 5.74) is 3.84. The van der Waals surface area contributed by atoms with Gasteiger partial charge < -0.3 is 10.7 Å². The summed E-state index contributed by atoms with van der Waals surface area (Å²) in [5.74, 6) is 5.19. The van der Waals surface area contributed by atoms with E-state index in [9.17, 15) is 4.79 Å². The molecule has 0 aliphatic carbocycles. The molecule has 1 aromatic heterocycles. The number of anilines is 2. The smallest absolute Gasteiger partial charge is 0.259 e. The maximum absolute atomic E-state index is 12.2. The monoisotopic (exact) mass is 310 g/mol. The normalized spacial score (nSPS) is 10.2. The summed E-state index contributed by atoms with van der Waals surface area (Å²) >= 11 is 12.2. The van der Waals surface area contributed by atoms with E-state index in [0.29, 0.717) is 21.3 Å². The van der Waals surface area contributed by atoms with E-state index >= 15 is 0 Å². The summed E-state index contributed by atoms with van der Waals surface area (Å²) < 4.78 is 0. The second-order valence-corrected chi connectivity index (χ2v) is 4.84. The minimum atomic E-state index is -0.402. The highest BCUT2D eigenvalue weighted by atomic mass is 35.5. The highest BCUT2D eigenvalue weighted by Gasteiger charge is 2.16. The zero-order valence-corrected chi connectivity index (χ0v) is 12.1. The van der Waals surface area contributed by atoms with Gasteiger partial charge in [-0.1, -0.05) is 29.3 Å². The molecule has 5 nitrogen and oxygen atoms in total. The molecule has 2 aromatic rings. The highest BCUT2D eigenvalue weighted by molar-refractivity contribution is 6.40. The molecule has 1 heterocycles. The van der Waals surface area contributed by atoms with E-state index < -0.39 is 5.91 Å². The molecule has 0 aliphatic heterocycles. The first-order valence-corrected chi connectivity index (χ1v) is 6.47. The van der Waals surface area contributed by atoms with Gasteiger partial charge in [-0.25, -0.2) is 10.8 Å². The van der Waals surface area contributed by atoms with Crippen molar-refractivity contribution in [3.05, 3.63) is 51.6 Å². The van der Waals surface area contributed by atoms with E-state index in [1.807, 2.05) is 6.92 Å². The van der Waals surface area contributed by atoms with Gasteiger partial charge in [-0.3, -0.25) is 4.79 Å². The molecule has 2 rings (SSSR count). The Morgan fingerprint density at radius 3 is 2.75 bits per heavy atom. The van der Waals surface area contributed by atoms with Gasteiger partial charge in [0.05, 0.1) is 21.3 Å². The number of hydrazine groups is 1. The van der Waals surface area contributed by atoms with Crippen LogP contribution in [0.15, 0.2) is 30.5 Å². The molecule has 20 heavy (non-hydrogen) atoms. The van der Waals surface area contributed by atoms with Gasteiger partial charge in [0.1, 0.15) is 0 Å². The average Bonchev–Trinajstić information content (AvgIpc) is 2.47. The number of nitrogens with two attached hydrogens (primary N) is 1. The van der Waals surface area contributed by atoms with E-state index in [0.717, 1.165) is 5.56 Å². The number of hydrogen-bond donors (Lipinski definition) is 3. The van der Waals surface area contributed by atoms with Crippen LogP contribution in [0.4, 0.5) is 11.5 Å². The number of aryl methyl sites for hydroxylation is 1. The number of aromatic nitrogens is 1. The summed E-state index contributed by atoms with van der Waals surface area (Å²) in [6.07, 6.45) is 1.53. The van der Waals surface area contributed by atoms with Crippen molar-refractivity contribution in [2.45, 2.75) is 6.92 Å². The quantitative estimate of drug-likeness (QED) is 0.600. The van der Waals surface area contributed by atoms with Gasteiger partial charge in [-0.05, 0) is 30.7 Å². The summed E-state index contributed by atoms with van der Waals surface area (Å²) in [5, 5.41) is 3.43. The lowest BCUT2D eigenvalue weighted by Gasteiger charge is -2.12. The molecule has 4 N–H and O–H groups in total. The van der Waals surface area contributed by atoms with E-state index in [2.05, 4.69) is 15.7 Å². The van der Waals surface area contributed by atoms with Crippen molar-refractivity contribution in [1.29, 1.82) is 0 Å². The lowest BCUT2D eigenvalue weighted by atomic mass is 10.2. The van der Waals surface area contributed by atoms with Crippen LogP contribution in [0.1, 0.15) is 15.9 Å². The van der Waals surface area contributed by atoms with Gasteiger partial charge in [-0.2, -0.15) is 0 Å². The molecular formula is C13H12Cl2N4O. The Balaban J connectivity index is 2.35. The Labute approximate surface area is 126 Å². The van der Waals surface area contributed by atoms with Crippen LogP contribution in [-0.2, 0) is 0 Å². The standard InChI is InChI=1S/C13H12Cl2N4O/c1-7-4-5-9(14)11(10(7)15)18-13(20)8-3-2-6-17-12(8)19-16/h2-6H,16H2,1H3,(H,17,19)(H,18,20). The summed E-state index contributed by atoms with van der Waals surface area (Å²) in [6.45, 7) is 1.82. The first-order valence-electron chi connectivity index (χ1n) is 5.72. The lowest BCUT2D eigenvalue weighted by molar-refractivity contribution is 0.102. The first kappa shape index (κ1) is 14.6. The van der Waals surface area contributed by atoms with Crippen LogP contribution < -0.4 is 16.6 Å². The molecule has 0 aliphatic rings. The molecule has 0 unspecified atom stereocenters. The molecule has 0 saturated carbocycles. The number of halogens is 2. The number of rotatable bonds is 3. The van der Waals surface area contributed by atoms with Gasteiger partial charge >= 0.3 is 0 Å². The van der Waals surface area contributed by atoms with Crippen molar-refractivity contribution in [1.82, 2.24) is 4.98 Å². The zero-order valence-electron chi connectivity index (χ0n) is 10.6. The van der Waals surface area contributed by atoms with E-state index in [1.54, 1.807) is 24.3 Å². The second-order valence-electron chi connectivity index (χ2n) is 4.05. The predicted molar refractivity (Wildman–Crippen MR) is 81.2 cm³/mol. The molecule has 0 atom stereocenters. The zero-order chi connectivity index (χ0) is 14.7. The number of carbonyl (C=O) groups is 1. The van der Waals surface area contributed by atoms with Crippen molar-refractivity contribution < 1.29 is 4.79 Å². The Morgan fingerprint density at radius 2 is 2.05 bits per heavy atom. The minimum Gasteiger partial charge on any atom is -0.319 e. The molecular weight excluding hydrogens is 299 g/mol. The van der Waals surface area contributed by atoms with Crippen LogP contribution in [0.25, 0.3) is 0 Å². The molecule has 104 valence electrons. The molecule has 0 saturated heterocycles. The molecule has 0 bridgehead atoms. The molecule has 0 fully saturated rings. The molecule has 1 aromatic carbocycles. The lowest BCUT2D eigenvalue weighted by Crippen LogP contribution is -2.18. The number of pyridine rings is 1. The fourth-order valence-corrected chi connectivity index (χ4v) is 2.12. The van der Waals surface area contributed by atoms with E-state index in [-0.39, 0.29) is 5.82 Å². The number of nitrogens with zero attached hydrogens (tertiary/aromatic N) is 1. The highest BCUT2D eigenvalue weighted by Crippen LogP contribution is 2.33. The third-order valence-corrected chi connectivity index (χ3v) is 3.51. The summed E-state index contributed by atoms with van der Waals surface area (Å²) in [6, 6.07) is 6.67. The van der Waals surface area contributed by atoms with Crippen LogP contribution in [-0.4, -0.2) is 10.9 Å². The first-order chi connectivity index (χ1) is 9.54. The van der Waals surface area contributed by atoms with Crippen LogP contribution >= 0.6 is 23.2 Å². The second kappa shape index (κ2) is 6.09. The summed E-state index contributed by atoms with van der Waals surface area (Å²) in [7, 11) is 0. The average molecular weight is 311 g/mol. The number of nitrogen functional groups attached to an aromatic ring is 1. The van der Waals surface area contributed by atoms with E-state index in [1.165, 1.54) is 6.20 Å². The maximum atomic E-state index is 12.2. The largest absolute Gasteiger partial charge is 0.319 e. The van der Waals surface area contributed by atoms with Crippen molar-refractivity contribution >= 4 is 40.6 Å². The van der Waals surface area contributed by atoms with Crippen molar-refractivity contribution in [3.63, 3.8) is 0 Å². The topological polar surface area (TPSA) is 80.0 Å². The van der Waals surface area contributed by atoms with Crippen molar-refractivity contribution in [3.8, 4) is 0 Å². The van der Waals surface area contributed by atoms with Gasteiger partial charge in [0.2, 0.25) is 0 Å². The van der Waals surface area contributed by atoms with Gasteiger partial charge in [-0.15, -0.1) is 0 Å². The third-order valence-electron chi connectivity index (χ3n) is 2.71. The fraction of sp³-hybridized carbons (Fsp3) is 0.0769. The number of benzene rings is 1. The predicted octanol–water partition coefficient (Wildman–Crippen LogP) is 3.23. The number of amides is 1. The number of carbonyl (C=O) groups excluding carboxylic acids is 1. The molecule has 0 spiro atoms. The fourth-order valence-electron chi connectivity index (χ4n) is 1.66. The molecule has 0 radical (unpaired) electrons.